The van der Waals surface area contributed by atoms with E-state index in [1.807, 2.05) is 66.7 Å². The van der Waals surface area contributed by atoms with Crippen molar-refractivity contribution in [2.75, 3.05) is 0 Å². The van der Waals surface area contributed by atoms with Gasteiger partial charge in [0, 0.05) is 22.0 Å². The van der Waals surface area contributed by atoms with E-state index in [9.17, 15) is 10.0 Å². The van der Waals surface area contributed by atoms with Crippen LogP contribution in [0.25, 0.3) is 33.5 Å². The maximum Gasteiger partial charge on any atom is 0.490 e. The third-order valence-corrected chi connectivity index (χ3v) is 4.12. The number of aromatic nitrogens is 2. The van der Waals surface area contributed by atoms with E-state index in [1.165, 1.54) is 0 Å². The molecule has 0 bridgehead atoms. The third kappa shape index (κ3) is 2.91. The maximum absolute atomic E-state index is 9.74. The van der Waals surface area contributed by atoms with Gasteiger partial charge in [0.25, 0.3) is 0 Å². The summed E-state index contributed by atoms with van der Waals surface area (Å²) in [5, 5.41) is 20.3. The largest absolute Gasteiger partial charge is 0.490 e. The Labute approximate surface area is 145 Å². The molecular weight excluding hydrogens is 311 g/mol. The van der Waals surface area contributed by atoms with Crippen LogP contribution in [0.4, 0.5) is 0 Å². The van der Waals surface area contributed by atoms with Gasteiger partial charge in [-0.2, -0.15) is 0 Å². The highest BCUT2D eigenvalue weighted by Gasteiger charge is 2.19. The molecule has 2 N–H and O–H groups in total. The Morgan fingerprint density at radius 2 is 1.28 bits per heavy atom. The van der Waals surface area contributed by atoms with Crippen LogP contribution in [0.5, 0.6) is 0 Å². The van der Waals surface area contributed by atoms with Gasteiger partial charge in [-0.3, -0.25) is 0 Å². The molecule has 0 saturated heterocycles. The molecule has 4 aromatic rings. The van der Waals surface area contributed by atoms with E-state index in [4.69, 9.17) is 4.98 Å². The maximum atomic E-state index is 9.74. The van der Waals surface area contributed by atoms with Crippen molar-refractivity contribution in [3.05, 3.63) is 78.9 Å². The van der Waals surface area contributed by atoms with Crippen LogP contribution in [-0.2, 0) is 0 Å². The molecule has 120 valence electrons. The average Bonchev–Trinajstić information content (AvgIpc) is 2.68. The highest BCUT2D eigenvalue weighted by Crippen LogP contribution is 2.28. The number of benzene rings is 3. The minimum atomic E-state index is -1.59. The van der Waals surface area contributed by atoms with Gasteiger partial charge in [-0.15, -0.1) is 0 Å². The first-order chi connectivity index (χ1) is 12.2. The van der Waals surface area contributed by atoms with Crippen LogP contribution in [0.1, 0.15) is 0 Å². The summed E-state index contributed by atoms with van der Waals surface area (Å²) in [4.78, 5) is 9.39. The highest BCUT2D eigenvalue weighted by atomic mass is 16.4. The van der Waals surface area contributed by atoms with Crippen LogP contribution in [-0.4, -0.2) is 27.1 Å². The summed E-state index contributed by atoms with van der Waals surface area (Å²) in [5.41, 5.74) is 3.52. The lowest BCUT2D eigenvalue weighted by molar-refractivity contribution is 0.426. The fourth-order valence-electron chi connectivity index (χ4n) is 2.92. The van der Waals surface area contributed by atoms with Crippen molar-refractivity contribution in [3.8, 4) is 22.6 Å². The summed E-state index contributed by atoms with van der Waals surface area (Å²) in [6, 6.07) is 24.9. The van der Waals surface area contributed by atoms with Gasteiger partial charge in [0.05, 0.1) is 11.2 Å². The second-order valence-electron chi connectivity index (χ2n) is 5.74. The Morgan fingerprint density at radius 1 is 0.640 bits per heavy atom. The molecule has 0 unspecified atom stereocenters. The zero-order valence-electron chi connectivity index (χ0n) is 13.4. The van der Waals surface area contributed by atoms with Gasteiger partial charge in [-0.05, 0) is 0 Å². The topological polar surface area (TPSA) is 66.2 Å². The van der Waals surface area contributed by atoms with Crippen molar-refractivity contribution in [2.45, 2.75) is 0 Å². The Morgan fingerprint density at radius 3 is 1.92 bits per heavy atom. The van der Waals surface area contributed by atoms with Crippen LogP contribution in [0, 0.1) is 0 Å². The number of fused-ring (bicyclic) bond motifs is 1. The molecule has 0 amide bonds. The van der Waals surface area contributed by atoms with E-state index in [0.29, 0.717) is 16.8 Å². The SMILES string of the molecule is OB(O)c1cccc2c(-c3ccccc3)nc(-c3ccccc3)nc12. The smallest absolute Gasteiger partial charge is 0.423 e. The minimum absolute atomic E-state index is 0.370. The van der Waals surface area contributed by atoms with E-state index in [-0.39, 0.29) is 0 Å². The summed E-state index contributed by atoms with van der Waals surface area (Å²) in [6.07, 6.45) is 0. The predicted octanol–water partition coefficient (Wildman–Crippen LogP) is 2.64. The summed E-state index contributed by atoms with van der Waals surface area (Å²) in [6.45, 7) is 0. The van der Waals surface area contributed by atoms with Crippen molar-refractivity contribution in [1.82, 2.24) is 9.97 Å². The zero-order chi connectivity index (χ0) is 17.2. The number of rotatable bonds is 3. The minimum Gasteiger partial charge on any atom is -0.423 e. The lowest BCUT2D eigenvalue weighted by atomic mass is 9.78. The van der Waals surface area contributed by atoms with Crippen LogP contribution in [0.2, 0.25) is 0 Å². The summed E-state index contributed by atoms with van der Waals surface area (Å²) >= 11 is 0. The van der Waals surface area contributed by atoms with E-state index in [0.717, 1.165) is 22.2 Å². The normalized spacial score (nSPS) is 10.8. The average molecular weight is 326 g/mol. The molecule has 0 aliphatic rings. The van der Waals surface area contributed by atoms with Gasteiger partial charge in [-0.1, -0.05) is 78.9 Å². The number of para-hydroxylation sites is 1. The van der Waals surface area contributed by atoms with Gasteiger partial charge in [-0.25, -0.2) is 9.97 Å². The summed E-state index contributed by atoms with van der Waals surface area (Å²) in [5.74, 6) is 0.556. The highest BCUT2D eigenvalue weighted by molar-refractivity contribution is 6.61. The van der Waals surface area contributed by atoms with Gasteiger partial charge < -0.3 is 10.0 Å². The molecule has 0 spiro atoms. The van der Waals surface area contributed by atoms with E-state index >= 15 is 0 Å². The molecule has 3 aromatic carbocycles. The second-order valence-corrected chi connectivity index (χ2v) is 5.74. The predicted molar refractivity (Wildman–Crippen MR) is 100 cm³/mol. The summed E-state index contributed by atoms with van der Waals surface area (Å²) in [7, 11) is -1.59. The molecule has 4 nitrogen and oxygen atoms in total. The molecule has 0 radical (unpaired) electrons. The van der Waals surface area contributed by atoms with Crippen molar-refractivity contribution >= 4 is 23.5 Å². The molecule has 0 atom stereocenters. The Hall–Kier alpha value is -3.02. The van der Waals surface area contributed by atoms with Crippen LogP contribution in [0.3, 0.4) is 0 Å². The summed E-state index contributed by atoms with van der Waals surface area (Å²) < 4.78 is 0. The molecule has 0 fully saturated rings. The van der Waals surface area contributed by atoms with Crippen molar-refractivity contribution in [1.29, 1.82) is 0 Å². The lowest BCUT2D eigenvalue weighted by Crippen LogP contribution is -2.31. The van der Waals surface area contributed by atoms with Crippen molar-refractivity contribution < 1.29 is 10.0 Å². The standard InChI is InChI=1S/C20H15BN2O2/c24-21(25)17-13-7-12-16-18(14-8-3-1-4-9-14)22-20(23-19(16)17)15-10-5-2-6-11-15/h1-13,24-25H. The fourth-order valence-corrected chi connectivity index (χ4v) is 2.92. The fraction of sp³-hybridized carbons (Fsp3) is 0. The Balaban J connectivity index is 2.07. The zero-order valence-corrected chi connectivity index (χ0v) is 13.4. The quantitative estimate of drug-likeness (QED) is 0.568. The van der Waals surface area contributed by atoms with Gasteiger partial charge in [0.1, 0.15) is 0 Å². The molecule has 1 heterocycles. The van der Waals surface area contributed by atoms with Gasteiger partial charge in [0.15, 0.2) is 5.82 Å². The first-order valence-corrected chi connectivity index (χ1v) is 8.01. The van der Waals surface area contributed by atoms with Crippen LogP contribution in [0.15, 0.2) is 78.9 Å². The Kier molecular flexibility index (Phi) is 4.02. The second kappa shape index (κ2) is 6.47. The molecule has 0 aliphatic heterocycles. The number of hydrogen-bond donors (Lipinski definition) is 2. The molecule has 0 aliphatic carbocycles. The first-order valence-electron chi connectivity index (χ1n) is 8.01. The molecule has 25 heavy (non-hydrogen) atoms. The van der Waals surface area contributed by atoms with Crippen LogP contribution < -0.4 is 5.46 Å². The third-order valence-electron chi connectivity index (χ3n) is 4.12. The lowest BCUT2D eigenvalue weighted by Gasteiger charge is -2.12. The van der Waals surface area contributed by atoms with Crippen LogP contribution >= 0.6 is 0 Å². The van der Waals surface area contributed by atoms with E-state index < -0.39 is 7.12 Å². The van der Waals surface area contributed by atoms with Gasteiger partial charge >= 0.3 is 7.12 Å². The molecule has 4 rings (SSSR count). The monoisotopic (exact) mass is 326 g/mol. The van der Waals surface area contributed by atoms with E-state index in [2.05, 4.69) is 4.98 Å². The molecule has 5 heteroatoms. The molecule has 1 aromatic heterocycles. The van der Waals surface area contributed by atoms with E-state index in [1.54, 1.807) is 12.1 Å². The molecular formula is C20H15BN2O2. The van der Waals surface area contributed by atoms with Gasteiger partial charge in [0.2, 0.25) is 0 Å². The Bertz CT molecular complexity index is 1020. The number of hydrogen-bond acceptors (Lipinski definition) is 4. The van der Waals surface area contributed by atoms with Crippen molar-refractivity contribution in [3.63, 3.8) is 0 Å². The first kappa shape index (κ1) is 15.5. The number of nitrogens with zero attached hydrogens (tertiary/aromatic N) is 2. The van der Waals surface area contributed by atoms with Crippen molar-refractivity contribution in [2.24, 2.45) is 0 Å². The molecule has 0 saturated carbocycles.